The van der Waals surface area contributed by atoms with Gasteiger partial charge in [-0.15, -0.1) is 0 Å². The summed E-state index contributed by atoms with van der Waals surface area (Å²) in [5.41, 5.74) is 6.26. The summed E-state index contributed by atoms with van der Waals surface area (Å²) in [6.07, 6.45) is 0. The number of benzene rings is 1. The molecule has 0 saturated carbocycles. The van der Waals surface area contributed by atoms with Crippen molar-refractivity contribution < 1.29 is 8.91 Å². The summed E-state index contributed by atoms with van der Waals surface area (Å²) in [5.74, 6) is 0.414. The molecule has 0 radical (unpaired) electrons. The second kappa shape index (κ2) is 4.31. The summed E-state index contributed by atoms with van der Waals surface area (Å²) >= 11 is 3.24. The third-order valence-corrected chi connectivity index (χ3v) is 2.66. The van der Waals surface area contributed by atoms with E-state index in [1.54, 1.807) is 13.0 Å². The van der Waals surface area contributed by atoms with Gasteiger partial charge in [0.1, 0.15) is 5.82 Å². The lowest BCUT2D eigenvalue weighted by molar-refractivity contribution is 0.362. The van der Waals surface area contributed by atoms with Crippen LogP contribution in [0, 0.1) is 5.82 Å². The van der Waals surface area contributed by atoms with Crippen molar-refractivity contribution in [3.63, 3.8) is 0 Å². The summed E-state index contributed by atoms with van der Waals surface area (Å²) in [4.78, 5) is 4.12. The Kier molecular flexibility index (Phi) is 3.02. The molecule has 2 aromatic rings. The van der Waals surface area contributed by atoms with Gasteiger partial charge in [-0.05, 0) is 41.1 Å². The Hall–Kier alpha value is -1.27. The molecule has 0 aliphatic rings. The van der Waals surface area contributed by atoms with Gasteiger partial charge >= 0.3 is 0 Å². The van der Waals surface area contributed by atoms with Crippen LogP contribution in [0.4, 0.5) is 4.39 Å². The van der Waals surface area contributed by atoms with Crippen LogP contribution in [0.5, 0.6) is 0 Å². The zero-order valence-electron chi connectivity index (χ0n) is 8.45. The Balaban J connectivity index is 2.42. The van der Waals surface area contributed by atoms with Gasteiger partial charge in [-0.3, -0.25) is 0 Å². The molecule has 16 heavy (non-hydrogen) atoms. The SMILES string of the molecule is C[C@H](N)c1nc(-c2ccc(F)cc2Br)no1. The van der Waals surface area contributed by atoms with Crippen LogP contribution < -0.4 is 5.73 Å². The van der Waals surface area contributed by atoms with Crippen molar-refractivity contribution in [3.8, 4) is 11.4 Å². The van der Waals surface area contributed by atoms with Crippen LogP contribution in [0.15, 0.2) is 27.2 Å². The Morgan fingerprint density at radius 1 is 1.50 bits per heavy atom. The minimum Gasteiger partial charge on any atom is -0.337 e. The highest BCUT2D eigenvalue weighted by Gasteiger charge is 2.14. The molecule has 0 saturated heterocycles. The highest BCUT2D eigenvalue weighted by Crippen LogP contribution is 2.27. The van der Waals surface area contributed by atoms with Gasteiger partial charge in [0.15, 0.2) is 0 Å². The second-order valence-electron chi connectivity index (χ2n) is 3.37. The van der Waals surface area contributed by atoms with E-state index in [0.29, 0.717) is 21.8 Å². The van der Waals surface area contributed by atoms with Crippen molar-refractivity contribution in [1.29, 1.82) is 0 Å². The van der Waals surface area contributed by atoms with Crippen LogP contribution in [0.1, 0.15) is 18.9 Å². The highest BCUT2D eigenvalue weighted by atomic mass is 79.9. The van der Waals surface area contributed by atoms with E-state index in [0.717, 1.165) is 0 Å². The molecule has 0 amide bonds. The molecule has 0 fully saturated rings. The monoisotopic (exact) mass is 285 g/mol. The number of hydrogen-bond acceptors (Lipinski definition) is 4. The normalized spacial score (nSPS) is 12.8. The lowest BCUT2D eigenvalue weighted by Gasteiger charge is -1.98. The van der Waals surface area contributed by atoms with Crippen molar-refractivity contribution in [2.45, 2.75) is 13.0 Å². The van der Waals surface area contributed by atoms with Crippen LogP contribution in [0.2, 0.25) is 0 Å². The third kappa shape index (κ3) is 2.12. The molecule has 1 atom stereocenters. The molecule has 6 heteroatoms. The van der Waals surface area contributed by atoms with Gasteiger partial charge in [0, 0.05) is 10.0 Å². The van der Waals surface area contributed by atoms with E-state index in [-0.39, 0.29) is 11.9 Å². The maximum atomic E-state index is 12.9. The fourth-order valence-electron chi connectivity index (χ4n) is 1.20. The highest BCUT2D eigenvalue weighted by molar-refractivity contribution is 9.10. The first-order valence-corrected chi connectivity index (χ1v) is 5.42. The molecule has 0 unspecified atom stereocenters. The zero-order chi connectivity index (χ0) is 11.7. The van der Waals surface area contributed by atoms with Crippen molar-refractivity contribution in [1.82, 2.24) is 10.1 Å². The molecule has 0 bridgehead atoms. The molecule has 1 heterocycles. The summed E-state index contributed by atoms with van der Waals surface area (Å²) in [5, 5.41) is 3.78. The van der Waals surface area contributed by atoms with Crippen molar-refractivity contribution >= 4 is 15.9 Å². The van der Waals surface area contributed by atoms with Gasteiger partial charge in [0.25, 0.3) is 0 Å². The topological polar surface area (TPSA) is 64.9 Å². The van der Waals surface area contributed by atoms with Gasteiger partial charge in [-0.1, -0.05) is 5.16 Å². The Morgan fingerprint density at radius 3 is 2.81 bits per heavy atom. The molecule has 0 aliphatic carbocycles. The number of halogens is 2. The largest absolute Gasteiger partial charge is 0.337 e. The molecule has 2 N–H and O–H groups in total. The van der Waals surface area contributed by atoms with Crippen LogP contribution in [-0.2, 0) is 0 Å². The number of hydrogen-bond donors (Lipinski definition) is 1. The third-order valence-electron chi connectivity index (χ3n) is 2.00. The lowest BCUT2D eigenvalue weighted by Crippen LogP contribution is -2.04. The number of nitrogens with two attached hydrogens (primary N) is 1. The predicted octanol–water partition coefficient (Wildman–Crippen LogP) is 2.66. The van der Waals surface area contributed by atoms with E-state index in [9.17, 15) is 4.39 Å². The minimum atomic E-state index is -0.327. The Bertz CT molecular complexity index is 513. The van der Waals surface area contributed by atoms with Crippen molar-refractivity contribution in [3.05, 3.63) is 34.4 Å². The van der Waals surface area contributed by atoms with E-state index in [1.807, 2.05) is 0 Å². The minimum absolute atomic E-state index is 0.319. The molecule has 1 aromatic carbocycles. The second-order valence-corrected chi connectivity index (χ2v) is 4.22. The van der Waals surface area contributed by atoms with Crippen LogP contribution in [-0.4, -0.2) is 10.1 Å². The summed E-state index contributed by atoms with van der Waals surface area (Å²) < 4.78 is 18.4. The van der Waals surface area contributed by atoms with Gasteiger partial charge in [-0.2, -0.15) is 4.98 Å². The first-order valence-electron chi connectivity index (χ1n) is 4.62. The van der Waals surface area contributed by atoms with E-state index in [2.05, 4.69) is 26.1 Å². The standard InChI is InChI=1S/C10H9BrFN3O/c1-5(13)10-14-9(15-16-10)7-3-2-6(12)4-8(7)11/h2-5H,13H2,1H3/t5-/m0/s1. The van der Waals surface area contributed by atoms with Gasteiger partial charge in [0.2, 0.25) is 11.7 Å². The molecule has 1 aromatic heterocycles. The number of rotatable bonds is 2. The average Bonchev–Trinajstić information content (AvgIpc) is 2.66. The first kappa shape index (κ1) is 11.2. The molecule has 0 spiro atoms. The smallest absolute Gasteiger partial charge is 0.243 e. The van der Waals surface area contributed by atoms with Crippen LogP contribution in [0.3, 0.4) is 0 Å². The quantitative estimate of drug-likeness (QED) is 0.921. The number of nitrogens with zero attached hydrogens (tertiary/aromatic N) is 2. The molecular formula is C10H9BrFN3O. The van der Waals surface area contributed by atoms with E-state index < -0.39 is 0 Å². The van der Waals surface area contributed by atoms with Gasteiger partial charge < -0.3 is 10.3 Å². The fourth-order valence-corrected chi connectivity index (χ4v) is 1.73. The van der Waals surface area contributed by atoms with E-state index in [1.165, 1.54) is 12.1 Å². The van der Waals surface area contributed by atoms with Crippen LogP contribution >= 0.6 is 15.9 Å². The Morgan fingerprint density at radius 2 is 2.25 bits per heavy atom. The summed E-state index contributed by atoms with van der Waals surface area (Å²) in [7, 11) is 0. The molecule has 84 valence electrons. The van der Waals surface area contributed by atoms with E-state index in [4.69, 9.17) is 10.3 Å². The van der Waals surface area contributed by atoms with Gasteiger partial charge in [-0.25, -0.2) is 4.39 Å². The molecular weight excluding hydrogens is 277 g/mol. The van der Waals surface area contributed by atoms with E-state index >= 15 is 0 Å². The van der Waals surface area contributed by atoms with Crippen LogP contribution in [0.25, 0.3) is 11.4 Å². The molecule has 0 aliphatic heterocycles. The van der Waals surface area contributed by atoms with Gasteiger partial charge in [0.05, 0.1) is 6.04 Å². The summed E-state index contributed by atoms with van der Waals surface area (Å²) in [6.45, 7) is 1.75. The van der Waals surface area contributed by atoms with Crippen molar-refractivity contribution in [2.75, 3.05) is 0 Å². The van der Waals surface area contributed by atoms with Crippen molar-refractivity contribution in [2.24, 2.45) is 5.73 Å². The lowest BCUT2D eigenvalue weighted by atomic mass is 10.2. The maximum absolute atomic E-state index is 12.9. The summed E-state index contributed by atoms with van der Waals surface area (Å²) in [6, 6.07) is 3.94. The number of aromatic nitrogens is 2. The maximum Gasteiger partial charge on any atom is 0.243 e. The first-order chi connectivity index (χ1) is 7.58. The zero-order valence-corrected chi connectivity index (χ0v) is 10.0. The Labute approximate surface area is 99.8 Å². The molecule has 2 rings (SSSR count). The predicted molar refractivity (Wildman–Crippen MR) is 60.0 cm³/mol. The molecule has 4 nitrogen and oxygen atoms in total. The average molecular weight is 286 g/mol. The fraction of sp³-hybridized carbons (Fsp3) is 0.200.